The predicted molar refractivity (Wildman–Crippen MR) is 68.5 cm³/mol. The van der Waals surface area contributed by atoms with Crippen molar-refractivity contribution in [2.75, 3.05) is 12.4 Å². The van der Waals surface area contributed by atoms with Gasteiger partial charge in [-0.3, -0.25) is 0 Å². The van der Waals surface area contributed by atoms with Crippen LogP contribution in [0.3, 0.4) is 0 Å². The Hall–Kier alpha value is -0.930. The van der Waals surface area contributed by atoms with E-state index < -0.39 is 0 Å². The van der Waals surface area contributed by atoms with Gasteiger partial charge in [0.05, 0.1) is 12.6 Å². The molecular formula is C13H17NOS. The third-order valence-electron chi connectivity index (χ3n) is 2.52. The summed E-state index contributed by atoms with van der Waals surface area (Å²) in [4.78, 5) is 1.27. The van der Waals surface area contributed by atoms with Gasteiger partial charge in [-0.25, -0.2) is 0 Å². The minimum atomic E-state index is 0.0213. The highest BCUT2D eigenvalue weighted by Gasteiger charge is 2.14. The van der Waals surface area contributed by atoms with Gasteiger partial charge in [-0.2, -0.15) is 0 Å². The fourth-order valence-corrected chi connectivity index (χ4v) is 2.65. The van der Waals surface area contributed by atoms with E-state index in [0.717, 1.165) is 24.5 Å². The van der Waals surface area contributed by atoms with Crippen LogP contribution in [0.4, 0.5) is 0 Å². The summed E-state index contributed by atoms with van der Waals surface area (Å²) < 4.78 is 5.45. The molecule has 1 atom stereocenters. The van der Waals surface area contributed by atoms with Gasteiger partial charge in [-0.15, -0.1) is 11.8 Å². The lowest BCUT2D eigenvalue weighted by Crippen LogP contribution is -2.25. The Labute approximate surface area is 101 Å². The first-order valence-electron chi connectivity index (χ1n) is 5.53. The first-order valence-corrected chi connectivity index (χ1v) is 6.52. The largest absolute Gasteiger partial charge is 0.496 e. The molecule has 0 amide bonds. The van der Waals surface area contributed by atoms with E-state index in [2.05, 4.69) is 37.3 Å². The lowest BCUT2D eigenvalue weighted by molar-refractivity contribution is 0.228. The van der Waals surface area contributed by atoms with Crippen LogP contribution in [0.15, 0.2) is 41.0 Å². The standard InChI is InChI=1S/C13H17NOS/c1-10-4-2-5-11(8-10)16-9-12(14)13-6-3-7-15-13/h2,4-6,8,12H,3,7,9,14H2,1H3. The highest BCUT2D eigenvalue weighted by molar-refractivity contribution is 7.99. The molecule has 86 valence electrons. The summed E-state index contributed by atoms with van der Waals surface area (Å²) in [6, 6.07) is 8.50. The number of benzene rings is 1. The lowest BCUT2D eigenvalue weighted by atomic mass is 10.2. The second-order valence-electron chi connectivity index (χ2n) is 3.98. The number of hydrogen-bond acceptors (Lipinski definition) is 3. The molecule has 0 fully saturated rings. The molecule has 0 radical (unpaired) electrons. The van der Waals surface area contributed by atoms with Gasteiger partial charge in [0.2, 0.25) is 0 Å². The summed E-state index contributed by atoms with van der Waals surface area (Å²) in [7, 11) is 0. The zero-order valence-corrected chi connectivity index (χ0v) is 10.3. The molecule has 0 bridgehead atoms. The van der Waals surface area contributed by atoms with Gasteiger partial charge < -0.3 is 10.5 Å². The van der Waals surface area contributed by atoms with Gasteiger partial charge >= 0.3 is 0 Å². The van der Waals surface area contributed by atoms with Crippen molar-refractivity contribution in [3.63, 3.8) is 0 Å². The van der Waals surface area contributed by atoms with Crippen LogP contribution in [0.2, 0.25) is 0 Å². The van der Waals surface area contributed by atoms with Crippen LogP contribution in [0.1, 0.15) is 12.0 Å². The minimum absolute atomic E-state index is 0.0213. The maximum atomic E-state index is 6.05. The van der Waals surface area contributed by atoms with Crippen molar-refractivity contribution in [3.05, 3.63) is 41.7 Å². The van der Waals surface area contributed by atoms with Crippen LogP contribution in [-0.4, -0.2) is 18.4 Å². The molecule has 3 heteroatoms. The van der Waals surface area contributed by atoms with E-state index in [1.807, 2.05) is 0 Å². The Bertz CT molecular complexity index is 389. The molecule has 0 aromatic heterocycles. The van der Waals surface area contributed by atoms with E-state index in [9.17, 15) is 0 Å². The number of rotatable bonds is 4. The second-order valence-corrected chi connectivity index (χ2v) is 5.07. The monoisotopic (exact) mass is 235 g/mol. The van der Waals surface area contributed by atoms with Crippen molar-refractivity contribution in [2.45, 2.75) is 24.3 Å². The first-order chi connectivity index (χ1) is 7.75. The van der Waals surface area contributed by atoms with Crippen LogP contribution in [0.25, 0.3) is 0 Å². The van der Waals surface area contributed by atoms with Crippen molar-refractivity contribution >= 4 is 11.8 Å². The van der Waals surface area contributed by atoms with Crippen molar-refractivity contribution in [1.82, 2.24) is 0 Å². The summed E-state index contributed by atoms with van der Waals surface area (Å²) in [5.41, 5.74) is 7.34. The van der Waals surface area contributed by atoms with Crippen LogP contribution >= 0.6 is 11.8 Å². The maximum absolute atomic E-state index is 6.05. The molecule has 2 rings (SSSR count). The quantitative estimate of drug-likeness (QED) is 0.815. The smallest absolute Gasteiger partial charge is 0.110 e. The Morgan fingerprint density at radius 3 is 3.06 bits per heavy atom. The molecule has 2 nitrogen and oxygen atoms in total. The summed E-state index contributed by atoms with van der Waals surface area (Å²) in [6.07, 6.45) is 3.10. The summed E-state index contributed by atoms with van der Waals surface area (Å²) in [5.74, 6) is 1.83. The van der Waals surface area contributed by atoms with Gasteiger partial charge in [0.25, 0.3) is 0 Å². The van der Waals surface area contributed by atoms with Crippen molar-refractivity contribution in [3.8, 4) is 0 Å². The maximum Gasteiger partial charge on any atom is 0.110 e. The Balaban J connectivity index is 1.87. The fourth-order valence-electron chi connectivity index (χ4n) is 1.67. The average molecular weight is 235 g/mol. The molecule has 1 heterocycles. The topological polar surface area (TPSA) is 35.2 Å². The Kier molecular flexibility index (Phi) is 3.91. The number of hydrogen-bond donors (Lipinski definition) is 1. The van der Waals surface area contributed by atoms with Gasteiger partial charge in [-0.1, -0.05) is 17.7 Å². The molecule has 0 saturated carbocycles. The number of ether oxygens (including phenoxy) is 1. The molecule has 1 unspecified atom stereocenters. The van der Waals surface area contributed by atoms with E-state index in [4.69, 9.17) is 10.5 Å². The minimum Gasteiger partial charge on any atom is -0.496 e. The first kappa shape index (κ1) is 11.6. The molecular weight excluding hydrogens is 218 g/mol. The van der Waals surface area contributed by atoms with Gasteiger partial charge in [0, 0.05) is 17.1 Å². The van der Waals surface area contributed by atoms with E-state index in [1.54, 1.807) is 11.8 Å². The summed E-state index contributed by atoms with van der Waals surface area (Å²) in [5, 5.41) is 0. The molecule has 1 aromatic rings. The van der Waals surface area contributed by atoms with Crippen LogP contribution < -0.4 is 5.73 Å². The molecule has 1 aliphatic heterocycles. The molecule has 1 aliphatic rings. The highest BCUT2D eigenvalue weighted by Crippen LogP contribution is 2.22. The fraction of sp³-hybridized carbons (Fsp3) is 0.385. The number of nitrogens with two attached hydrogens (primary N) is 1. The van der Waals surface area contributed by atoms with Crippen LogP contribution in [0.5, 0.6) is 0 Å². The third-order valence-corrected chi connectivity index (χ3v) is 3.63. The zero-order valence-electron chi connectivity index (χ0n) is 9.48. The number of aryl methyl sites for hydroxylation is 1. The average Bonchev–Trinajstić information content (AvgIpc) is 2.79. The van der Waals surface area contributed by atoms with Crippen molar-refractivity contribution in [1.29, 1.82) is 0 Å². The van der Waals surface area contributed by atoms with Gasteiger partial charge in [0.15, 0.2) is 0 Å². The van der Waals surface area contributed by atoms with E-state index in [0.29, 0.717) is 0 Å². The normalized spacial score (nSPS) is 16.8. The predicted octanol–water partition coefficient (Wildman–Crippen LogP) is 2.72. The van der Waals surface area contributed by atoms with E-state index in [1.165, 1.54) is 10.5 Å². The second kappa shape index (κ2) is 5.41. The molecule has 0 aliphatic carbocycles. The molecule has 0 spiro atoms. The molecule has 2 N–H and O–H groups in total. The molecule has 16 heavy (non-hydrogen) atoms. The number of thioether (sulfide) groups is 1. The molecule has 0 saturated heterocycles. The molecule has 1 aromatic carbocycles. The van der Waals surface area contributed by atoms with Crippen molar-refractivity contribution in [2.24, 2.45) is 5.73 Å². The van der Waals surface area contributed by atoms with E-state index in [-0.39, 0.29) is 6.04 Å². The highest BCUT2D eigenvalue weighted by atomic mass is 32.2. The Morgan fingerprint density at radius 2 is 2.38 bits per heavy atom. The zero-order chi connectivity index (χ0) is 11.4. The van der Waals surface area contributed by atoms with Gasteiger partial charge in [0.1, 0.15) is 5.76 Å². The SMILES string of the molecule is Cc1cccc(SCC(N)C2=CCCO2)c1. The van der Waals surface area contributed by atoms with E-state index >= 15 is 0 Å². The third kappa shape index (κ3) is 3.03. The summed E-state index contributed by atoms with van der Waals surface area (Å²) >= 11 is 1.78. The van der Waals surface area contributed by atoms with Crippen LogP contribution in [0, 0.1) is 6.92 Å². The van der Waals surface area contributed by atoms with Crippen LogP contribution in [-0.2, 0) is 4.74 Å². The van der Waals surface area contributed by atoms with Crippen molar-refractivity contribution < 1.29 is 4.74 Å². The summed E-state index contributed by atoms with van der Waals surface area (Å²) in [6.45, 7) is 2.89. The van der Waals surface area contributed by atoms with Gasteiger partial charge in [-0.05, 0) is 25.1 Å². The lowest BCUT2D eigenvalue weighted by Gasteiger charge is -2.12. The Morgan fingerprint density at radius 1 is 1.50 bits per heavy atom.